The van der Waals surface area contributed by atoms with Gasteiger partial charge in [-0.3, -0.25) is 14.3 Å². The Balaban J connectivity index is 3.00. The van der Waals surface area contributed by atoms with Crippen LogP contribution in [0.15, 0.2) is 18.2 Å². The second kappa shape index (κ2) is 5.91. The molecule has 1 atom stereocenters. The summed E-state index contributed by atoms with van der Waals surface area (Å²) < 4.78 is 24.7. The lowest BCUT2D eigenvalue weighted by Crippen LogP contribution is -2.38. The number of anilines is 1. The van der Waals surface area contributed by atoms with E-state index in [1.165, 1.54) is 19.1 Å². The predicted molar refractivity (Wildman–Crippen MR) is 74.2 cm³/mol. The molecule has 20 heavy (non-hydrogen) atoms. The first-order valence-corrected chi connectivity index (χ1v) is 7.61. The minimum Gasteiger partial charge on any atom is -0.480 e. The molecule has 8 heteroatoms. The largest absolute Gasteiger partial charge is 0.480 e. The first-order valence-electron chi connectivity index (χ1n) is 5.72. The number of carbonyl (C=O) groups is 2. The number of hydrogen-bond acceptors (Lipinski definition) is 4. The van der Waals surface area contributed by atoms with Crippen molar-refractivity contribution < 1.29 is 23.1 Å². The predicted octanol–water partition coefficient (Wildman–Crippen LogP) is 0.569. The van der Waals surface area contributed by atoms with E-state index in [0.717, 1.165) is 6.26 Å². The molecule has 3 N–H and O–H groups in total. The zero-order valence-corrected chi connectivity index (χ0v) is 12.1. The Kier molecular flexibility index (Phi) is 4.72. The molecular weight excluding hydrogens is 284 g/mol. The van der Waals surface area contributed by atoms with Crippen LogP contribution in [0.2, 0.25) is 0 Å². The minimum absolute atomic E-state index is 0.176. The van der Waals surface area contributed by atoms with E-state index in [4.69, 9.17) is 5.11 Å². The zero-order chi connectivity index (χ0) is 15.5. The van der Waals surface area contributed by atoms with Crippen molar-refractivity contribution in [2.24, 2.45) is 0 Å². The van der Waals surface area contributed by atoms with Gasteiger partial charge in [-0.2, -0.15) is 0 Å². The second-order valence-electron chi connectivity index (χ2n) is 4.44. The van der Waals surface area contributed by atoms with E-state index in [9.17, 15) is 18.0 Å². The molecule has 1 aromatic rings. The lowest BCUT2D eigenvalue weighted by Gasteiger charge is -2.12. The van der Waals surface area contributed by atoms with E-state index in [1.807, 2.05) is 0 Å². The van der Waals surface area contributed by atoms with Gasteiger partial charge in [-0.25, -0.2) is 8.42 Å². The topological polar surface area (TPSA) is 113 Å². The van der Waals surface area contributed by atoms with Gasteiger partial charge in [0.1, 0.15) is 6.04 Å². The van der Waals surface area contributed by atoms with Crippen molar-refractivity contribution in [2.75, 3.05) is 11.0 Å². The van der Waals surface area contributed by atoms with Gasteiger partial charge in [0.25, 0.3) is 5.91 Å². The molecule has 0 saturated carbocycles. The lowest BCUT2D eigenvalue weighted by molar-refractivity contribution is -0.138. The number of amides is 1. The minimum atomic E-state index is -3.45. The third-order valence-electron chi connectivity index (χ3n) is 2.51. The fourth-order valence-corrected chi connectivity index (χ4v) is 2.03. The van der Waals surface area contributed by atoms with Gasteiger partial charge in [-0.1, -0.05) is 6.07 Å². The van der Waals surface area contributed by atoms with Crippen molar-refractivity contribution in [1.82, 2.24) is 5.32 Å². The highest BCUT2D eigenvalue weighted by Gasteiger charge is 2.16. The number of nitrogens with one attached hydrogen (secondary N) is 2. The van der Waals surface area contributed by atoms with Gasteiger partial charge < -0.3 is 10.4 Å². The molecular formula is C12H16N2O5S. The first kappa shape index (κ1) is 16.0. The molecule has 0 aliphatic rings. The van der Waals surface area contributed by atoms with Crippen LogP contribution in [0.4, 0.5) is 5.69 Å². The number of hydrogen-bond donors (Lipinski definition) is 3. The van der Waals surface area contributed by atoms with Crippen LogP contribution in [0.3, 0.4) is 0 Å². The Labute approximate surface area is 117 Å². The van der Waals surface area contributed by atoms with Gasteiger partial charge in [0, 0.05) is 5.56 Å². The molecule has 0 fully saturated rings. The molecule has 0 aliphatic heterocycles. The van der Waals surface area contributed by atoms with Crippen LogP contribution in [-0.2, 0) is 14.8 Å². The summed E-state index contributed by atoms with van der Waals surface area (Å²) in [6.07, 6.45) is 1.01. The van der Waals surface area contributed by atoms with Gasteiger partial charge in [-0.15, -0.1) is 0 Å². The molecule has 0 bridgehead atoms. The molecule has 0 aromatic heterocycles. The van der Waals surface area contributed by atoms with Gasteiger partial charge >= 0.3 is 5.97 Å². The summed E-state index contributed by atoms with van der Waals surface area (Å²) in [5.41, 5.74) is 1.11. The lowest BCUT2D eigenvalue weighted by atomic mass is 10.1. The summed E-state index contributed by atoms with van der Waals surface area (Å²) in [6, 6.07) is 3.40. The molecule has 0 radical (unpaired) electrons. The standard InChI is InChI=1S/C12H16N2O5S/c1-7-4-5-9(6-10(7)14-20(3,18)19)11(15)13-8(2)12(16)17/h4-6,8,14H,1-3H3,(H,13,15)(H,16,17)/t8-/m0/s1. The summed E-state index contributed by atoms with van der Waals surface area (Å²) >= 11 is 0. The van der Waals surface area contributed by atoms with Gasteiger partial charge in [0.2, 0.25) is 10.0 Å². The summed E-state index contributed by atoms with van der Waals surface area (Å²) in [5, 5.41) is 11.0. The van der Waals surface area contributed by atoms with Crippen molar-refractivity contribution in [3.8, 4) is 0 Å². The van der Waals surface area contributed by atoms with Crippen LogP contribution in [0.5, 0.6) is 0 Å². The molecule has 0 saturated heterocycles. The van der Waals surface area contributed by atoms with Crippen LogP contribution in [0.1, 0.15) is 22.8 Å². The second-order valence-corrected chi connectivity index (χ2v) is 6.19. The van der Waals surface area contributed by atoms with E-state index < -0.39 is 27.9 Å². The Morgan fingerprint density at radius 2 is 1.90 bits per heavy atom. The van der Waals surface area contributed by atoms with Crippen LogP contribution in [0.25, 0.3) is 0 Å². The fraction of sp³-hybridized carbons (Fsp3) is 0.333. The molecule has 0 heterocycles. The molecule has 0 unspecified atom stereocenters. The van der Waals surface area contributed by atoms with Crippen LogP contribution in [0, 0.1) is 6.92 Å². The Morgan fingerprint density at radius 3 is 2.40 bits per heavy atom. The highest BCUT2D eigenvalue weighted by Crippen LogP contribution is 2.18. The number of aryl methyl sites for hydroxylation is 1. The van der Waals surface area contributed by atoms with Crippen molar-refractivity contribution in [3.63, 3.8) is 0 Å². The quantitative estimate of drug-likeness (QED) is 0.736. The van der Waals surface area contributed by atoms with Crippen molar-refractivity contribution >= 4 is 27.6 Å². The fourth-order valence-electron chi connectivity index (χ4n) is 1.41. The highest BCUT2D eigenvalue weighted by molar-refractivity contribution is 7.92. The van der Waals surface area contributed by atoms with Gasteiger partial charge in [0.15, 0.2) is 0 Å². The Morgan fingerprint density at radius 1 is 1.30 bits per heavy atom. The summed E-state index contributed by atoms with van der Waals surface area (Å²) in [4.78, 5) is 22.5. The molecule has 0 aliphatic carbocycles. The van der Waals surface area contributed by atoms with Crippen molar-refractivity contribution in [3.05, 3.63) is 29.3 Å². The molecule has 0 spiro atoms. The number of aliphatic carboxylic acids is 1. The number of carboxylic acids is 1. The third-order valence-corrected chi connectivity index (χ3v) is 3.10. The average molecular weight is 300 g/mol. The van der Waals surface area contributed by atoms with Crippen molar-refractivity contribution in [2.45, 2.75) is 19.9 Å². The molecule has 1 amide bonds. The number of rotatable bonds is 5. The molecule has 7 nitrogen and oxygen atoms in total. The van der Waals surface area contributed by atoms with Crippen LogP contribution < -0.4 is 10.0 Å². The normalized spacial score (nSPS) is 12.6. The summed E-state index contributed by atoms with van der Waals surface area (Å²) in [7, 11) is -3.45. The van der Waals surface area contributed by atoms with E-state index in [2.05, 4.69) is 10.0 Å². The maximum atomic E-state index is 11.8. The number of benzene rings is 1. The SMILES string of the molecule is Cc1ccc(C(=O)N[C@@H](C)C(=O)O)cc1NS(C)(=O)=O. The zero-order valence-electron chi connectivity index (χ0n) is 11.3. The summed E-state index contributed by atoms with van der Waals surface area (Å²) in [6.45, 7) is 3.03. The average Bonchev–Trinajstić information content (AvgIpc) is 2.29. The highest BCUT2D eigenvalue weighted by atomic mass is 32.2. The van der Waals surface area contributed by atoms with E-state index >= 15 is 0 Å². The monoisotopic (exact) mass is 300 g/mol. The Bertz CT molecular complexity index is 639. The molecule has 1 rings (SSSR count). The van der Waals surface area contributed by atoms with Crippen molar-refractivity contribution in [1.29, 1.82) is 0 Å². The third kappa shape index (κ3) is 4.54. The molecule has 110 valence electrons. The van der Waals surface area contributed by atoms with E-state index in [-0.39, 0.29) is 11.3 Å². The van der Waals surface area contributed by atoms with Gasteiger partial charge in [0.05, 0.1) is 11.9 Å². The van der Waals surface area contributed by atoms with E-state index in [1.54, 1.807) is 13.0 Å². The summed E-state index contributed by atoms with van der Waals surface area (Å²) in [5.74, 6) is -1.74. The first-order chi connectivity index (χ1) is 9.10. The van der Waals surface area contributed by atoms with Crippen LogP contribution >= 0.6 is 0 Å². The number of carbonyl (C=O) groups excluding carboxylic acids is 1. The van der Waals surface area contributed by atoms with E-state index in [0.29, 0.717) is 5.56 Å². The number of carboxylic acid groups (broad SMARTS) is 1. The van der Waals surface area contributed by atoms with Gasteiger partial charge in [-0.05, 0) is 31.5 Å². The molecule has 1 aromatic carbocycles. The van der Waals surface area contributed by atoms with Crippen LogP contribution in [-0.4, -0.2) is 37.7 Å². The number of sulfonamides is 1. The Hall–Kier alpha value is -2.09. The smallest absolute Gasteiger partial charge is 0.325 e. The maximum Gasteiger partial charge on any atom is 0.325 e. The maximum absolute atomic E-state index is 11.8.